The molecule has 0 aliphatic rings. The van der Waals surface area contributed by atoms with Crippen LogP contribution >= 0.6 is 11.3 Å². The van der Waals surface area contributed by atoms with E-state index in [0.29, 0.717) is 11.3 Å². The Kier molecular flexibility index (Phi) is 4.22. The molecule has 4 aromatic rings. The topological polar surface area (TPSA) is 54.9 Å². The van der Waals surface area contributed by atoms with E-state index in [1.165, 1.54) is 11.3 Å². The van der Waals surface area contributed by atoms with Crippen molar-refractivity contribution < 1.29 is 4.79 Å². The van der Waals surface area contributed by atoms with Crippen molar-refractivity contribution in [3.05, 3.63) is 77.5 Å². The summed E-state index contributed by atoms with van der Waals surface area (Å²) in [6.07, 6.45) is 1.69. The number of fused-ring (bicyclic) bond motifs is 1. The van der Waals surface area contributed by atoms with Gasteiger partial charge >= 0.3 is 0 Å². The van der Waals surface area contributed by atoms with Gasteiger partial charge in [-0.15, -0.1) is 11.3 Å². The quantitative estimate of drug-likeness (QED) is 0.545. The molecular weight excluding hydrogens is 342 g/mol. The maximum Gasteiger partial charge on any atom is 0.257 e. The van der Waals surface area contributed by atoms with Crippen molar-refractivity contribution in [1.29, 1.82) is 0 Å². The summed E-state index contributed by atoms with van der Waals surface area (Å²) in [5, 5.41) is 3.73. The van der Waals surface area contributed by atoms with Crippen LogP contribution in [-0.4, -0.2) is 15.9 Å². The number of benzene rings is 2. The standard InChI is InChI=1S/C21H17N3OS/c1-13-10-14(2)12-15(11-13)23-20(25)16-6-5-9-22-19(16)21-24-17-7-3-4-8-18(17)26-21/h3-12H,1-2H3,(H,23,25). The first kappa shape index (κ1) is 16.4. The molecule has 1 amide bonds. The van der Waals surface area contributed by atoms with Gasteiger partial charge in [-0.2, -0.15) is 0 Å². The van der Waals surface area contributed by atoms with E-state index in [-0.39, 0.29) is 5.91 Å². The Morgan fingerprint density at radius 1 is 1.00 bits per heavy atom. The Balaban J connectivity index is 1.72. The van der Waals surface area contributed by atoms with Crippen molar-refractivity contribution in [2.45, 2.75) is 13.8 Å². The van der Waals surface area contributed by atoms with Crippen LogP contribution in [-0.2, 0) is 0 Å². The number of hydrogen-bond donors (Lipinski definition) is 1. The second kappa shape index (κ2) is 6.69. The number of aryl methyl sites for hydroxylation is 2. The lowest BCUT2D eigenvalue weighted by Crippen LogP contribution is -2.14. The van der Waals surface area contributed by atoms with Gasteiger partial charge in [0.25, 0.3) is 5.91 Å². The van der Waals surface area contributed by atoms with Gasteiger partial charge < -0.3 is 5.32 Å². The maximum atomic E-state index is 12.9. The van der Waals surface area contributed by atoms with Crippen LogP contribution in [0.5, 0.6) is 0 Å². The summed E-state index contributed by atoms with van der Waals surface area (Å²) < 4.78 is 1.08. The van der Waals surface area contributed by atoms with Crippen LogP contribution in [0.1, 0.15) is 21.5 Å². The zero-order valence-electron chi connectivity index (χ0n) is 14.5. The molecule has 0 spiro atoms. The fourth-order valence-corrected chi connectivity index (χ4v) is 3.95. The highest BCUT2D eigenvalue weighted by atomic mass is 32.1. The molecule has 0 bridgehead atoms. The van der Waals surface area contributed by atoms with E-state index in [2.05, 4.69) is 21.4 Å². The van der Waals surface area contributed by atoms with Gasteiger partial charge in [-0.05, 0) is 61.4 Å². The van der Waals surface area contributed by atoms with Gasteiger partial charge in [0.2, 0.25) is 0 Å². The lowest BCUT2D eigenvalue weighted by atomic mass is 10.1. The zero-order chi connectivity index (χ0) is 18.1. The second-order valence-corrected chi connectivity index (χ2v) is 7.25. The first-order chi connectivity index (χ1) is 12.6. The number of nitrogens with zero attached hydrogens (tertiary/aromatic N) is 2. The summed E-state index contributed by atoms with van der Waals surface area (Å²) in [5.41, 5.74) is 5.04. The number of carbonyl (C=O) groups excluding carboxylic acids is 1. The van der Waals surface area contributed by atoms with Gasteiger partial charge in [0, 0.05) is 11.9 Å². The number of thiazole rings is 1. The van der Waals surface area contributed by atoms with Crippen molar-refractivity contribution in [3.8, 4) is 10.7 Å². The predicted octanol–water partition coefficient (Wildman–Crippen LogP) is 5.23. The number of rotatable bonds is 3. The lowest BCUT2D eigenvalue weighted by Gasteiger charge is -2.09. The number of hydrogen-bond acceptors (Lipinski definition) is 4. The average molecular weight is 359 g/mol. The Morgan fingerprint density at radius 3 is 2.54 bits per heavy atom. The van der Waals surface area contributed by atoms with Crippen molar-refractivity contribution in [1.82, 2.24) is 9.97 Å². The summed E-state index contributed by atoms with van der Waals surface area (Å²) >= 11 is 1.54. The lowest BCUT2D eigenvalue weighted by molar-refractivity contribution is 0.102. The van der Waals surface area contributed by atoms with Crippen LogP contribution in [0.4, 0.5) is 5.69 Å². The number of para-hydroxylation sites is 1. The van der Waals surface area contributed by atoms with E-state index in [1.807, 2.05) is 50.2 Å². The normalized spacial score (nSPS) is 10.8. The number of amides is 1. The number of pyridine rings is 1. The van der Waals surface area contributed by atoms with E-state index in [0.717, 1.165) is 32.0 Å². The zero-order valence-corrected chi connectivity index (χ0v) is 15.3. The Hall–Kier alpha value is -3.05. The van der Waals surface area contributed by atoms with Crippen LogP contribution in [0, 0.1) is 13.8 Å². The molecule has 0 unspecified atom stereocenters. The SMILES string of the molecule is Cc1cc(C)cc(NC(=O)c2cccnc2-c2nc3ccccc3s2)c1. The molecule has 1 N–H and O–H groups in total. The monoisotopic (exact) mass is 359 g/mol. The minimum Gasteiger partial charge on any atom is -0.322 e. The van der Waals surface area contributed by atoms with Gasteiger partial charge in [-0.25, -0.2) is 4.98 Å². The van der Waals surface area contributed by atoms with Gasteiger partial charge in [0.05, 0.1) is 15.8 Å². The molecule has 128 valence electrons. The third-order valence-electron chi connectivity index (χ3n) is 4.03. The third kappa shape index (κ3) is 3.21. The van der Waals surface area contributed by atoms with Crippen molar-refractivity contribution in [2.24, 2.45) is 0 Å². The van der Waals surface area contributed by atoms with Crippen LogP contribution in [0.3, 0.4) is 0 Å². The van der Waals surface area contributed by atoms with Crippen LogP contribution < -0.4 is 5.32 Å². The number of nitrogens with one attached hydrogen (secondary N) is 1. The van der Waals surface area contributed by atoms with Gasteiger partial charge in [0.1, 0.15) is 10.7 Å². The molecule has 0 aliphatic heterocycles. The largest absolute Gasteiger partial charge is 0.322 e. The highest BCUT2D eigenvalue weighted by Gasteiger charge is 2.17. The molecule has 0 atom stereocenters. The number of carbonyl (C=O) groups is 1. The Bertz CT molecular complexity index is 1060. The minimum atomic E-state index is -0.183. The molecule has 0 saturated heterocycles. The van der Waals surface area contributed by atoms with Gasteiger partial charge in [-0.3, -0.25) is 9.78 Å². The second-order valence-electron chi connectivity index (χ2n) is 6.22. The summed E-state index contributed by atoms with van der Waals surface area (Å²) in [6, 6.07) is 17.5. The van der Waals surface area contributed by atoms with Gasteiger partial charge in [-0.1, -0.05) is 18.2 Å². The highest BCUT2D eigenvalue weighted by molar-refractivity contribution is 7.21. The highest BCUT2D eigenvalue weighted by Crippen LogP contribution is 2.31. The fourth-order valence-electron chi connectivity index (χ4n) is 2.98. The number of aromatic nitrogens is 2. The van der Waals surface area contributed by atoms with Crippen molar-refractivity contribution >= 4 is 33.1 Å². The van der Waals surface area contributed by atoms with E-state index < -0.39 is 0 Å². The maximum absolute atomic E-state index is 12.9. The molecule has 0 fully saturated rings. The molecule has 4 nitrogen and oxygen atoms in total. The molecule has 0 radical (unpaired) electrons. The third-order valence-corrected chi connectivity index (χ3v) is 5.07. The molecule has 5 heteroatoms. The predicted molar refractivity (Wildman–Crippen MR) is 107 cm³/mol. The van der Waals surface area contributed by atoms with Gasteiger partial charge in [0.15, 0.2) is 0 Å². The smallest absolute Gasteiger partial charge is 0.257 e. The fraction of sp³-hybridized carbons (Fsp3) is 0.0952. The molecular formula is C21H17N3OS. The summed E-state index contributed by atoms with van der Waals surface area (Å²) in [6.45, 7) is 4.03. The molecule has 2 heterocycles. The van der Waals surface area contributed by atoms with Crippen molar-refractivity contribution in [2.75, 3.05) is 5.32 Å². The van der Waals surface area contributed by atoms with Crippen molar-refractivity contribution in [3.63, 3.8) is 0 Å². The Morgan fingerprint density at radius 2 is 1.77 bits per heavy atom. The molecule has 4 rings (SSSR count). The molecule has 2 aromatic carbocycles. The van der Waals surface area contributed by atoms with Crippen LogP contribution in [0.2, 0.25) is 0 Å². The van der Waals surface area contributed by atoms with E-state index in [9.17, 15) is 4.79 Å². The number of anilines is 1. The van der Waals surface area contributed by atoms with Crippen LogP contribution in [0.15, 0.2) is 60.8 Å². The minimum absolute atomic E-state index is 0.183. The Labute approximate surface area is 155 Å². The molecule has 0 aliphatic carbocycles. The first-order valence-corrected chi connectivity index (χ1v) is 9.12. The van der Waals surface area contributed by atoms with E-state index in [4.69, 9.17) is 0 Å². The summed E-state index contributed by atoms with van der Waals surface area (Å²) in [4.78, 5) is 21.9. The van der Waals surface area contributed by atoms with E-state index in [1.54, 1.807) is 18.3 Å². The summed E-state index contributed by atoms with van der Waals surface area (Å²) in [5.74, 6) is -0.183. The summed E-state index contributed by atoms with van der Waals surface area (Å²) in [7, 11) is 0. The average Bonchev–Trinajstić information content (AvgIpc) is 3.05. The molecule has 0 saturated carbocycles. The van der Waals surface area contributed by atoms with E-state index >= 15 is 0 Å². The first-order valence-electron chi connectivity index (χ1n) is 8.31. The van der Waals surface area contributed by atoms with Crippen LogP contribution in [0.25, 0.3) is 20.9 Å². The molecule has 26 heavy (non-hydrogen) atoms. The molecule has 2 aromatic heterocycles.